The molecule has 1 aliphatic heterocycles. The van der Waals surface area contributed by atoms with Gasteiger partial charge in [0.2, 0.25) is 0 Å². The molecule has 3 aromatic rings. The molecule has 7 heteroatoms. The smallest absolute Gasteiger partial charge is 0.324 e. The predicted octanol–water partition coefficient (Wildman–Crippen LogP) is 4.01. The second-order valence-corrected chi connectivity index (χ2v) is 7.60. The monoisotopic (exact) mass is 416 g/mol. The lowest BCUT2D eigenvalue weighted by atomic mass is 10.1. The van der Waals surface area contributed by atoms with Crippen LogP contribution in [-0.2, 0) is 13.0 Å². The zero-order chi connectivity index (χ0) is 21.5. The van der Waals surface area contributed by atoms with E-state index in [1.54, 1.807) is 0 Å². The highest BCUT2D eigenvalue weighted by Gasteiger charge is 2.19. The van der Waals surface area contributed by atoms with Crippen molar-refractivity contribution >= 4 is 23.4 Å². The average Bonchev–Trinajstić information content (AvgIpc) is 2.81. The number of aryl methyl sites for hydroxylation is 1. The normalized spacial score (nSPS) is 14.3. The number of benzene rings is 2. The summed E-state index contributed by atoms with van der Waals surface area (Å²) in [5.41, 5.74) is 3.24. The highest BCUT2D eigenvalue weighted by Crippen LogP contribution is 2.19. The molecule has 1 fully saturated rings. The number of nitrogens with one attached hydrogen (secondary N) is 2. The van der Waals surface area contributed by atoms with E-state index < -0.39 is 0 Å². The molecule has 2 amide bonds. The number of anilines is 3. The molecule has 160 valence electrons. The van der Waals surface area contributed by atoms with Crippen LogP contribution in [0.25, 0.3) is 0 Å². The van der Waals surface area contributed by atoms with Gasteiger partial charge in [0, 0.05) is 44.5 Å². The van der Waals surface area contributed by atoms with E-state index in [9.17, 15) is 4.79 Å². The number of urea groups is 1. The van der Waals surface area contributed by atoms with E-state index in [1.807, 2.05) is 36.4 Å². The molecule has 2 aromatic carbocycles. The van der Waals surface area contributed by atoms with Crippen molar-refractivity contribution in [3.05, 3.63) is 78.1 Å². The molecule has 1 aromatic heterocycles. The SMILES string of the molecule is CCc1ccccc1NC(=O)Nc1cc(N2CCN(Cc3ccccc3)CC2)ncn1. The highest BCUT2D eigenvalue weighted by atomic mass is 16.2. The zero-order valence-electron chi connectivity index (χ0n) is 17.8. The van der Waals surface area contributed by atoms with Crippen LogP contribution in [0.2, 0.25) is 0 Å². The number of aromatic nitrogens is 2. The summed E-state index contributed by atoms with van der Waals surface area (Å²) in [7, 11) is 0. The topological polar surface area (TPSA) is 73.4 Å². The fraction of sp³-hybridized carbons (Fsp3) is 0.292. The van der Waals surface area contributed by atoms with Crippen LogP contribution in [0.1, 0.15) is 18.1 Å². The van der Waals surface area contributed by atoms with Gasteiger partial charge < -0.3 is 10.2 Å². The number of hydrogen-bond acceptors (Lipinski definition) is 5. The summed E-state index contributed by atoms with van der Waals surface area (Å²) in [5.74, 6) is 1.32. The molecule has 0 spiro atoms. The lowest BCUT2D eigenvalue weighted by molar-refractivity contribution is 0.249. The van der Waals surface area contributed by atoms with Crippen molar-refractivity contribution in [3.63, 3.8) is 0 Å². The molecule has 1 aliphatic rings. The Morgan fingerprint density at radius 1 is 0.935 bits per heavy atom. The van der Waals surface area contributed by atoms with Crippen molar-refractivity contribution in [2.75, 3.05) is 41.7 Å². The van der Waals surface area contributed by atoms with Gasteiger partial charge in [-0.2, -0.15) is 0 Å². The number of carbonyl (C=O) groups excluding carboxylic acids is 1. The maximum Gasteiger partial charge on any atom is 0.324 e. The van der Waals surface area contributed by atoms with Gasteiger partial charge in [0.15, 0.2) is 0 Å². The number of rotatable bonds is 6. The molecule has 2 heterocycles. The van der Waals surface area contributed by atoms with Gasteiger partial charge in [0.05, 0.1) is 0 Å². The number of amides is 2. The molecule has 1 saturated heterocycles. The number of para-hydroxylation sites is 1. The van der Waals surface area contributed by atoms with Crippen molar-refractivity contribution in [3.8, 4) is 0 Å². The largest absolute Gasteiger partial charge is 0.354 e. The third-order valence-corrected chi connectivity index (χ3v) is 5.49. The number of hydrogen-bond donors (Lipinski definition) is 2. The summed E-state index contributed by atoms with van der Waals surface area (Å²) in [4.78, 5) is 25.8. The molecule has 0 unspecified atom stereocenters. The van der Waals surface area contributed by atoms with Crippen LogP contribution < -0.4 is 15.5 Å². The molecule has 7 nitrogen and oxygen atoms in total. The Labute approximate surface area is 183 Å². The number of carbonyl (C=O) groups is 1. The summed E-state index contributed by atoms with van der Waals surface area (Å²) in [6.07, 6.45) is 2.35. The van der Waals surface area contributed by atoms with E-state index in [0.717, 1.165) is 56.2 Å². The molecule has 4 rings (SSSR count). The van der Waals surface area contributed by atoms with Crippen LogP contribution >= 0.6 is 0 Å². The van der Waals surface area contributed by atoms with Crippen LogP contribution in [0.5, 0.6) is 0 Å². The van der Waals surface area contributed by atoms with Crippen molar-refractivity contribution in [2.45, 2.75) is 19.9 Å². The Bertz CT molecular complexity index is 1000. The van der Waals surface area contributed by atoms with Crippen LogP contribution in [0.3, 0.4) is 0 Å². The fourth-order valence-corrected chi connectivity index (χ4v) is 3.79. The van der Waals surface area contributed by atoms with Gasteiger partial charge in [-0.05, 0) is 23.6 Å². The fourth-order valence-electron chi connectivity index (χ4n) is 3.79. The van der Waals surface area contributed by atoms with Crippen molar-refractivity contribution in [1.29, 1.82) is 0 Å². The van der Waals surface area contributed by atoms with Crippen LogP contribution in [0.4, 0.5) is 22.1 Å². The van der Waals surface area contributed by atoms with Crippen LogP contribution in [0, 0.1) is 0 Å². The summed E-state index contributed by atoms with van der Waals surface area (Å²) in [5, 5.41) is 5.73. The third kappa shape index (κ3) is 5.58. The summed E-state index contributed by atoms with van der Waals surface area (Å²) in [6.45, 7) is 6.74. The Morgan fingerprint density at radius 2 is 1.68 bits per heavy atom. The highest BCUT2D eigenvalue weighted by molar-refractivity contribution is 5.99. The number of piperazine rings is 1. The quantitative estimate of drug-likeness (QED) is 0.635. The van der Waals surface area contributed by atoms with E-state index in [2.05, 4.69) is 61.6 Å². The second-order valence-electron chi connectivity index (χ2n) is 7.60. The van der Waals surface area contributed by atoms with Crippen molar-refractivity contribution < 1.29 is 4.79 Å². The predicted molar refractivity (Wildman–Crippen MR) is 124 cm³/mol. The van der Waals surface area contributed by atoms with Crippen LogP contribution in [-0.4, -0.2) is 47.1 Å². The molecule has 0 saturated carbocycles. The van der Waals surface area contributed by atoms with E-state index in [4.69, 9.17) is 0 Å². The second kappa shape index (κ2) is 10.0. The van der Waals surface area contributed by atoms with E-state index in [1.165, 1.54) is 11.9 Å². The first-order chi connectivity index (χ1) is 15.2. The zero-order valence-corrected chi connectivity index (χ0v) is 17.8. The maximum absolute atomic E-state index is 12.5. The first-order valence-corrected chi connectivity index (χ1v) is 10.7. The first-order valence-electron chi connectivity index (χ1n) is 10.7. The molecule has 0 aliphatic carbocycles. The first kappa shape index (κ1) is 20.8. The Balaban J connectivity index is 1.33. The Kier molecular flexibility index (Phi) is 6.74. The lowest BCUT2D eigenvalue weighted by Crippen LogP contribution is -2.46. The van der Waals surface area contributed by atoms with Gasteiger partial charge in [-0.1, -0.05) is 55.5 Å². The minimum absolute atomic E-state index is 0.307. The molecular weight excluding hydrogens is 388 g/mol. The molecule has 2 N–H and O–H groups in total. The minimum Gasteiger partial charge on any atom is -0.354 e. The standard InChI is InChI=1S/C24H28N6O/c1-2-20-10-6-7-11-21(20)27-24(31)28-22-16-23(26-18-25-22)30-14-12-29(13-15-30)17-19-8-4-3-5-9-19/h3-11,16,18H,2,12-15,17H2,1H3,(H2,25,26,27,28,31). The Hall–Kier alpha value is -3.45. The molecule has 31 heavy (non-hydrogen) atoms. The maximum atomic E-state index is 12.5. The molecule has 0 bridgehead atoms. The molecular formula is C24H28N6O. The number of nitrogens with zero attached hydrogens (tertiary/aromatic N) is 4. The molecule has 0 atom stereocenters. The molecule has 0 radical (unpaired) electrons. The lowest BCUT2D eigenvalue weighted by Gasteiger charge is -2.35. The van der Waals surface area contributed by atoms with Gasteiger partial charge >= 0.3 is 6.03 Å². The Morgan fingerprint density at radius 3 is 2.45 bits per heavy atom. The van der Waals surface area contributed by atoms with E-state index in [-0.39, 0.29) is 6.03 Å². The van der Waals surface area contributed by atoms with Gasteiger partial charge in [-0.15, -0.1) is 0 Å². The van der Waals surface area contributed by atoms with E-state index in [0.29, 0.717) is 5.82 Å². The average molecular weight is 417 g/mol. The summed E-state index contributed by atoms with van der Waals surface area (Å²) in [6, 6.07) is 19.9. The third-order valence-electron chi connectivity index (χ3n) is 5.49. The van der Waals surface area contributed by atoms with Crippen molar-refractivity contribution in [1.82, 2.24) is 14.9 Å². The minimum atomic E-state index is -0.307. The van der Waals surface area contributed by atoms with Gasteiger partial charge in [0.1, 0.15) is 18.0 Å². The van der Waals surface area contributed by atoms with Gasteiger partial charge in [-0.25, -0.2) is 14.8 Å². The van der Waals surface area contributed by atoms with Gasteiger partial charge in [0.25, 0.3) is 0 Å². The van der Waals surface area contributed by atoms with Crippen LogP contribution in [0.15, 0.2) is 67.0 Å². The van der Waals surface area contributed by atoms with Gasteiger partial charge in [-0.3, -0.25) is 10.2 Å². The van der Waals surface area contributed by atoms with Crippen molar-refractivity contribution in [2.24, 2.45) is 0 Å². The van der Waals surface area contributed by atoms with E-state index >= 15 is 0 Å². The summed E-state index contributed by atoms with van der Waals surface area (Å²) >= 11 is 0. The summed E-state index contributed by atoms with van der Waals surface area (Å²) < 4.78 is 0.